The molecule has 6 heterocycles. The predicted molar refractivity (Wildman–Crippen MR) is 119 cm³/mol. The van der Waals surface area contributed by atoms with Gasteiger partial charge in [0, 0.05) is 44.6 Å². The molecule has 2 saturated heterocycles. The van der Waals surface area contributed by atoms with E-state index in [1.54, 1.807) is 35.2 Å². The first kappa shape index (κ1) is 19.9. The van der Waals surface area contributed by atoms with E-state index in [2.05, 4.69) is 25.4 Å². The molecule has 6 rings (SSSR count). The second-order valence-corrected chi connectivity index (χ2v) is 8.07. The zero-order valence-electron chi connectivity index (χ0n) is 17.7. The van der Waals surface area contributed by atoms with Crippen molar-refractivity contribution in [3.05, 3.63) is 36.3 Å². The van der Waals surface area contributed by atoms with Crippen LogP contribution in [0.3, 0.4) is 0 Å². The molecule has 2 aliphatic rings. The Hall–Kier alpha value is -3.77. The van der Waals surface area contributed by atoms with Gasteiger partial charge in [0.25, 0.3) is 11.9 Å². The topological polar surface area (TPSA) is 134 Å². The quantitative estimate of drug-likeness (QED) is 0.462. The van der Waals surface area contributed by atoms with E-state index in [-0.39, 0.29) is 5.91 Å². The number of fused-ring (bicyclic) bond motifs is 2. The van der Waals surface area contributed by atoms with Crippen LogP contribution in [0.15, 0.2) is 35.1 Å². The molecule has 0 aliphatic carbocycles. The fourth-order valence-corrected chi connectivity index (χ4v) is 4.18. The highest BCUT2D eigenvalue weighted by Gasteiger charge is 2.28. The van der Waals surface area contributed by atoms with E-state index in [0.29, 0.717) is 85.8 Å². The molecule has 0 saturated carbocycles. The van der Waals surface area contributed by atoms with Gasteiger partial charge in [-0.25, -0.2) is 14.5 Å². The summed E-state index contributed by atoms with van der Waals surface area (Å²) in [6, 6.07) is 3.88. The molecule has 0 bridgehead atoms. The van der Waals surface area contributed by atoms with Crippen molar-refractivity contribution in [1.82, 2.24) is 24.6 Å². The van der Waals surface area contributed by atoms with Crippen LogP contribution < -0.4 is 15.1 Å². The average Bonchev–Trinajstić information content (AvgIpc) is 3.57. The number of β-amino-alcohol motifs (C(OH)–C–C–N with tert-alkyl or cyclic N) is 1. The number of nitrogens with zero attached hydrogens (tertiary/aromatic N) is 7. The van der Waals surface area contributed by atoms with Gasteiger partial charge in [-0.15, -0.1) is 0 Å². The van der Waals surface area contributed by atoms with E-state index in [9.17, 15) is 9.90 Å². The highest BCUT2D eigenvalue weighted by molar-refractivity contribution is 6.10. The molecular weight excluding hydrogens is 428 g/mol. The smallest absolute Gasteiger partial charge is 0.300 e. The van der Waals surface area contributed by atoms with Crippen LogP contribution in [0.5, 0.6) is 0 Å². The van der Waals surface area contributed by atoms with Crippen molar-refractivity contribution in [3.8, 4) is 0 Å². The summed E-state index contributed by atoms with van der Waals surface area (Å²) in [5.74, 6) is 0.0912. The summed E-state index contributed by atoms with van der Waals surface area (Å²) in [7, 11) is 0. The van der Waals surface area contributed by atoms with E-state index in [1.165, 1.54) is 0 Å². The molecule has 0 aromatic carbocycles. The average molecular weight is 450 g/mol. The molecule has 2 N–H and O–H groups in total. The van der Waals surface area contributed by atoms with Gasteiger partial charge in [-0.2, -0.15) is 10.1 Å². The number of morpholine rings is 1. The number of carbonyl (C=O) groups is 1. The van der Waals surface area contributed by atoms with E-state index in [4.69, 9.17) is 9.15 Å². The lowest BCUT2D eigenvalue weighted by molar-refractivity contribution is 0.102. The fourth-order valence-electron chi connectivity index (χ4n) is 4.18. The summed E-state index contributed by atoms with van der Waals surface area (Å²) in [6.07, 6.45) is 5.08. The Bertz CT molecular complexity index is 1330. The van der Waals surface area contributed by atoms with Gasteiger partial charge in [-0.1, -0.05) is 0 Å². The van der Waals surface area contributed by atoms with Crippen LogP contribution in [0, 0.1) is 0 Å². The first-order valence-corrected chi connectivity index (χ1v) is 10.8. The van der Waals surface area contributed by atoms with Gasteiger partial charge >= 0.3 is 0 Å². The molecule has 0 unspecified atom stereocenters. The molecule has 33 heavy (non-hydrogen) atoms. The summed E-state index contributed by atoms with van der Waals surface area (Å²) in [5.41, 5.74) is 2.19. The van der Waals surface area contributed by atoms with Gasteiger partial charge in [-0.3, -0.25) is 4.79 Å². The maximum Gasteiger partial charge on any atom is 0.300 e. The van der Waals surface area contributed by atoms with Gasteiger partial charge in [0.15, 0.2) is 11.2 Å². The van der Waals surface area contributed by atoms with Crippen molar-refractivity contribution in [2.45, 2.75) is 12.5 Å². The molecule has 0 radical (unpaired) electrons. The molecule has 2 fully saturated rings. The lowest BCUT2D eigenvalue weighted by Gasteiger charge is -2.24. The van der Waals surface area contributed by atoms with Gasteiger partial charge in [0.05, 0.1) is 31.1 Å². The van der Waals surface area contributed by atoms with Crippen LogP contribution in [0.4, 0.5) is 17.5 Å². The molecule has 12 nitrogen and oxygen atoms in total. The standard InChI is InChI=1S/C21H22N8O4/c30-13-2-5-28(12-13)18-14(20(31)24-15-11-23-29-4-1-3-22-19(15)29)10-16-17(25-18)26-21(33-16)27-6-8-32-9-7-27/h1,3-4,10-11,13,30H,2,5-9,12H2,(H,24,31)/t13-/m1/s1. The Labute approximate surface area is 187 Å². The number of ether oxygens (including phenoxy) is 1. The minimum absolute atomic E-state index is 0.330. The Morgan fingerprint density at radius 2 is 2.06 bits per heavy atom. The van der Waals surface area contributed by atoms with Gasteiger partial charge < -0.3 is 29.4 Å². The minimum atomic E-state index is -0.469. The Balaban J connectivity index is 1.39. The van der Waals surface area contributed by atoms with Crippen molar-refractivity contribution in [2.24, 2.45) is 0 Å². The Kier molecular flexibility index (Phi) is 4.80. The number of nitrogens with one attached hydrogen (secondary N) is 1. The van der Waals surface area contributed by atoms with Crippen molar-refractivity contribution in [3.63, 3.8) is 0 Å². The number of oxazole rings is 1. The second kappa shape index (κ2) is 7.98. The maximum absolute atomic E-state index is 13.4. The third-order valence-corrected chi connectivity index (χ3v) is 5.87. The highest BCUT2D eigenvalue weighted by Crippen LogP contribution is 2.30. The predicted octanol–water partition coefficient (Wildman–Crippen LogP) is 0.925. The Morgan fingerprint density at radius 3 is 2.88 bits per heavy atom. The van der Waals surface area contributed by atoms with Crippen molar-refractivity contribution < 1.29 is 19.1 Å². The van der Waals surface area contributed by atoms with Crippen LogP contribution in [0.25, 0.3) is 16.9 Å². The normalized spacial score (nSPS) is 19.0. The van der Waals surface area contributed by atoms with E-state index in [0.717, 1.165) is 0 Å². The third kappa shape index (κ3) is 3.62. The monoisotopic (exact) mass is 450 g/mol. The van der Waals surface area contributed by atoms with Crippen LogP contribution in [0.2, 0.25) is 0 Å². The maximum atomic E-state index is 13.4. The van der Waals surface area contributed by atoms with Crippen LogP contribution in [-0.2, 0) is 4.74 Å². The molecule has 4 aromatic heterocycles. The zero-order valence-corrected chi connectivity index (χ0v) is 17.7. The number of aliphatic hydroxyl groups excluding tert-OH is 1. The van der Waals surface area contributed by atoms with E-state index < -0.39 is 6.10 Å². The number of aromatic nitrogens is 5. The molecule has 170 valence electrons. The van der Waals surface area contributed by atoms with Crippen molar-refractivity contribution in [1.29, 1.82) is 0 Å². The molecule has 12 heteroatoms. The fraction of sp³-hybridized carbons (Fsp3) is 0.381. The molecule has 4 aromatic rings. The van der Waals surface area contributed by atoms with Gasteiger partial charge in [0.2, 0.25) is 5.65 Å². The molecule has 2 aliphatic heterocycles. The van der Waals surface area contributed by atoms with Crippen LogP contribution in [-0.4, -0.2) is 81.1 Å². The SMILES string of the molecule is O=C(Nc1cnn2cccnc12)c1cc2oc(N3CCOCC3)nc2nc1N1CC[C@@H](O)C1. The summed E-state index contributed by atoms with van der Waals surface area (Å²) < 4.78 is 12.9. The molecule has 1 atom stereocenters. The summed E-state index contributed by atoms with van der Waals surface area (Å²) in [6.45, 7) is 3.53. The van der Waals surface area contributed by atoms with E-state index in [1.807, 2.05) is 9.80 Å². The number of carbonyl (C=O) groups excluding carboxylic acids is 1. The van der Waals surface area contributed by atoms with E-state index >= 15 is 0 Å². The summed E-state index contributed by atoms with van der Waals surface area (Å²) in [4.78, 5) is 30.8. The van der Waals surface area contributed by atoms with Gasteiger partial charge in [-0.05, 0) is 12.5 Å². The lowest BCUT2D eigenvalue weighted by Crippen LogP contribution is -2.36. The molecular formula is C21H22N8O4. The number of pyridine rings is 1. The highest BCUT2D eigenvalue weighted by atomic mass is 16.5. The zero-order chi connectivity index (χ0) is 22.4. The van der Waals surface area contributed by atoms with Crippen LogP contribution >= 0.6 is 0 Å². The van der Waals surface area contributed by atoms with Gasteiger partial charge in [0.1, 0.15) is 11.5 Å². The second-order valence-electron chi connectivity index (χ2n) is 8.07. The number of hydrogen-bond acceptors (Lipinski definition) is 10. The number of anilines is 3. The van der Waals surface area contributed by atoms with Crippen molar-refractivity contribution in [2.75, 3.05) is 54.5 Å². The summed E-state index contributed by atoms with van der Waals surface area (Å²) in [5, 5.41) is 17.2. The molecule has 1 amide bonds. The minimum Gasteiger partial charge on any atom is -0.422 e. The molecule has 0 spiro atoms. The van der Waals surface area contributed by atoms with Crippen molar-refractivity contribution >= 4 is 40.3 Å². The van der Waals surface area contributed by atoms with Crippen LogP contribution in [0.1, 0.15) is 16.8 Å². The largest absolute Gasteiger partial charge is 0.422 e. The third-order valence-electron chi connectivity index (χ3n) is 5.87. The number of amides is 1. The first-order chi connectivity index (χ1) is 16.2. The number of hydrogen-bond donors (Lipinski definition) is 2. The Morgan fingerprint density at radius 1 is 1.18 bits per heavy atom. The first-order valence-electron chi connectivity index (χ1n) is 10.8. The number of aliphatic hydroxyl groups is 1. The summed E-state index contributed by atoms with van der Waals surface area (Å²) >= 11 is 0. The lowest BCUT2D eigenvalue weighted by atomic mass is 10.2. The number of rotatable bonds is 4.